The Bertz CT molecular complexity index is 720. The maximum atomic E-state index is 12.1. The summed E-state index contributed by atoms with van der Waals surface area (Å²) in [6.07, 6.45) is -0.474. The van der Waals surface area contributed by atoms with E-state index in [1.54, 1.807) is 20.8 Å². The fourth-order valence-electron chi connectivity index (χ4n) is 4.61. The quantitative estimate of drug-likeness (QED) is 0.370. The third-order valence-corrected chi connectivity index (χ3v) is 7.70. The highest BCUT2D eigenvalue weighted by Gasteiger charge is 2.72. The summed E-state index contributed by atoms with van der Waals surface area (Å²) >= 11 is 0. The molecule has 1 heterocycles. The van der Waals surface area contributed by atoms with Crippen molar-refractivity contribution in [3.8, 4) is 0 Å². The molecule has 27 heavy (non-hydrogen) atoms. The smallest absolute Gasteiger partial charge is 0.332 e. The molecular formula is C18H28O8S. The summed E-state index contributed by atoms with van der Waals surface area (Å²) in [5.74, 6) is -1.03. The Hall–Kier alpha value is -1.19. The molecule has 5 unspecified atom stereocenters. The Balaban J connectivity index is 1.46. The minimum Gasteiger partial charge on any atom is -0.462 e. The summed E-state index contributed by atoms with van der Waals surface area (Å²) in [5.41, 5.74) is -0.824. The maximum Gasteiger partial charge on any atom is 0.332 e. The predicted molar refractivity (Wildman–Crippen MR) is 94.1 cm³/mol. The Morgan fingerprint density at radius 1 is 1.15 bits per heavy atom. The summed E-state index contributed by atoms with van der Waals surface area (Å²) in [6, 6.07) is 0. The first-order valence-corrected chi connectivity index (χ1v) is 10.7. The molecule has 9 heteroatoms. The number of carbonyl (C=O) groups excluding carboxylic acids is 2. The zero-order chi connectivity index (χ0) is 20.2. The maximum absolute atomic E-state index is 12.1. The summed E-state index contributed by atoms with van der Waals surface area (Å²) in [6.45, 7) is 8.92. The molecule has 0 aromatic rings. The van der Waals surface area contributed by atoms with E-state index >= 15 is 0 Å². The minimum absolute atomic E-state index is 0.0192. The lowest BCUT2D eigenvalue weighted by molar-refractivity contribution is -0.162. The van der Waals surface area contributed by atoms with Crippen LogP contribution in [-0.4, -0.2) is 57.6 Å². The molecule has 1 saturated heterocycles. The molecular weight excluding hydrogens is 376 g/mol. The van der Waals surface area contributed by atoms with Crippen LogP contribution in [0.1, 0.15) is 41.0 Å². The van der Waals surface area contributed by atoms with Gasteiger partial charge in [-0.1, -0.05) is 13.8 Å². The molecule has 3 rings (SSSR count). The van der Waals surface area contributed by atoms with Crippen LogP contribution in [0.5, 0.6) is 0 Å². The summed E-state index contributed by atoms with van der Waals surface area (Å²) in [5, 5.41) is -0.466. The topological polar surface area (TPSA) is 105 Å². The van der Waals surface area contributed by atoms with Crippen LogP contribution in [0.4, 0.5) is 0 Å². The predicted octanol–water partition coefficient (Wildman–Crippen LogP) is 1.28. The molecule has 0 N–H and O–H groups in total. The van der Waals surface area contributed by atoms with Crippen molar-refractivity contribution in [3.05, 3.63) is 0 Å². The van der Waals surface area contributed by atoms with Crippen LogP contribution in [0.3, 0.4) is 0 Å². The van der Waals surface area contributed by atoms with Crippen LogP contribution < -0.4 is 0 Å². The van der Waals surface area contributed by atoms with Crippen molar-refractivity contribution in [2.75, 3.05) is 19.8 Å². The highest BCUT2D eigenvalue weighted by molar-refractivity contribution is 7.87. The van der Waals surface area contributed by atoms with E-state index in [1.165, 1.54) is 0 Å². The highest BCUT2D eigenvalue weighted by Crippen LogP contribution is 2.64. The average molecular weight is 404 g/mol. The van der Waals surface area contributed by atoms with Crippen LogP contribution in [0.2, 0.25) is 0 Å². The third-order valence-electron chi connectivity index (χ3n) is 5.98. The van der Waals surface area contributed by atoms with Gasteiger partial charge in [-0.15, -0.1) is 0 Å². The Kier molecular flexibility index (Phi) is 5.10. The first-order valence-electron chi connectivity index (χ1n) is 9.22. The van der Waals surface area contributed by atoms with Crippen molar-refractivity contribution in [1.29, 1.82) is 0 Å². The molecule has 0 aromatic carbocycles. The van der Waals surface area contributed by atoms with Gasteiger partial charge in [-0.25, -0.2) is 4.79 Å². The first kappa shape index (κ1) is 20.5. The van der Waals surface area contributed by atoms with E-state index in [1.807, 2.05) is 13.8 Å². The molecule has 0 spiro atoms. The second-order valence-corrected chi connectivity index (χ2v) is 10.9. The summed E-state index contributed by atoms with van der Waals surface area (Å²) in [4.78, 5) is 23.5. The SMILES string of the molecule is CC(C)(C)C(=O)OCCOC(=O)COC1C2OS(=O)(=O)C3CC1C(C)(C)C23. The van der Waals surface area contributed by atoms with Gasteiger partial charge in [0.2, 0.25) is 0 Å². The number of hydrogen-bond donors (Lipinski definition) is 0. The van der Waals surface area contributed by atoms with E-state index < -0.39 is 39.0 Å². The number of fused-ring (bicyclic) bond motifs is 1. The lowest BCUT2D eigenvalue weighted by Crippen LogP contribution is -2.37. The minimum atomic E-state index is -3.56. The second kappa shape index (κ2) is 6.70. The van der Waals surface area contributed by atoms with Crippen molar-refractivity contribution >= 4 is 22.1 Å². The van der Waals surface area contributed by atoms with E-state index in [9.17, 15) is 18.0 Å². The number of hydrogen-bond acceptors (Lipinski definition) is 8. The fourth-order valence-corrected chi connectivity index (χ4v) is 6.60. The lowest BCUT2D eigenvalue weighted by Gasteiger charge is -2.26. The van der Waals surface area contributed by atoms with E-state index in [2.05, 4.69) is 0 Å². The molecule has 1 aliphatic heterocycles. The Morgan fingerprint density at radius 3 is 2.41 bits per heavy atom. The van der Waals surface area contributed by atoms with Gasteiger partial charge in [-0.2, -0.15) is 8.42 Å². The van der Waals surface area contributed by atoms with Crippen LogP contribution in [-0.2, 0) is 38.1 Å². The van der Waals surface area contributed by atoms with Gasteiger partial charge in [0.25, 0.3) is 10.1 Å². The largest absolute Gasteiger partial charge is 0.462 e. The zero-order valence-electron chi connectivity index (χ0n) is 16.4. The van der Waals surface area contributed by atoms with Crippen molar-refractivity contribution in [3.63, 3.8) is 0 Å². The molecule has 2 saturated carbocycles. The van der Waals surface area contributed by atoms with E-state index in [4.69, 9.17) is 18.4 Å². The zero-order valence-corrected chi connectivity index (χ0v) is 17.2. The van der Waals surface area contributed by atoms with E-state index in [-0.39, 0.29) is 43.0 Å². The van der Waals surface area contributed by atoms with Crippen LogP contribution in [0, 0.1) is 22.7 Å². The van der Waals surface area contributed by atoms with Crippen LogP contribution in [0.15, 0.2) is 0 Å². The van der Waals surface area contributed by atoms with Gasteiger partial charge in [0.1, 0.15) is 25.9 Å². The molecule has 5 atom stereocenters. The van der Waals surface area contributed by atoms with Gasteiger partial charge < -0.3 is 14.2 Å². The second-order valence-electron chi connectivity index (χ2n) is 9.16. The molecule has 8 nitrogen and oxygen atoms in total. The number of ether oxygens (including phenoxy) is 3. The highest BCUT2D eigenvalue weighted by atomic mass is 32.2. The molecule has 154 valence electrons. The monoisotopic (exact) mass is 404 g/mol. The number of carbonyl (C=O) groups is 2. The molecule has 2 bridgehead atoms. The molecule has 0 radical (unpaired) electrons. The molecule has 0 aromatic heterocycles. The number of esters is 2. The summed E-state index contributed by atoms with van der Waals surface area (Å²) < 4.78 is 45.3. The summed E-state index contributed by atoms with van der Waals surface area (Å²) in [7, 11) is -3.56. The van der Waals surface area contributed by atoms with Gasteiger partial charge >= 0.3 is 11.9 Å². The number of rotatable bonds is 6. The van der Waals surface area contributed by atoms with Gasteiger partial charge in [0.15, 0.2) is 0 Å². The van der Waals surface area contributed by atoms with Gasteiger partial charge in [-0.05, 0) is 38.5 Å². The van der Waals surface area contributed by atoms with Crippen LogP contribution >= 0.6 is 0 Å². The standard InChI is InChI=1S/C18H28O8S/c1-17(2,3)16(20)24-7-6-23-12(19)9-25-14-10-8-11-13(18(10,4)5)15(14)26-27(11,21)22/h10-11,13-15H,6-9H2,1-5H3. The van der Waals surface area contributed by atoms with Gasteiger partial charge in [-0.3, -0.25) is 8.98 Å². The van der Waals surface area contributed by atoms with E-state index in [0.29, 0.717) is 6.42 Å². The lowest BCUT2D eigenvalue weighted by atomic mass is 9.81. The van der Waals surface area contributed by atoms with Gasteiger partial charge in [0, 0.05) is 5.92 Å². The van der Waals surface area contributed by atoms with Gasteiger partial charge in [0.05, 0.1) is 16.8 Å². The third kappa shape index (κ3) is 3.61. The van der Waals surface area contributed by atoms with Crippen molar-refractivity contribution < 1.29 is 36.4 Å². The fraction of sp³-hybridized carbons (Fsp3) is 0.889. The van der Waals surface area contributed by atoms with Crippen molar-refractivity contribution in [2.24, 2.45) is 22.7 Å². The molecule has 0 amide bonds. The van der Waals surface area contributed by atoms with Crippen molar-refractivity contribution in [1.82, 2.24) is 0 Å². The molecule has 3 fully saturated rings. The van der Waals surface area contributed by atoms with Crippen molar-refractivity contribution in [2.45, 2.75) is 58.5 Å². The first-order chi connectivity index (χ1) is 12.4. The Morgan fingerprint density at radius 2 is 1.78 bits per heavy atom. The average Bonchev–Trinajstić information content (AvgIpc) is 3.00. The van der Waals surface area contributed by atoms with Crippen LogP contribution in [0.25, 0.3) is 0 Å². The normalized spacial score (nSPS) is 35.2. The molecule has 3 aliphatic rings. The molecule has 2 aliphatic carbocycles. The Labute approximate surface area is 160 Å². The van der Waals surface area contributed by atoms with E-state index in [0.717, 1.165) is 0 Å².